The van der Waals surface area contributed by atoms with Crippen LogP contribution in [0.25, 0.3) is 0 Å². The SMILES string of the molecule is CC(O)CCN(C)C(=O)c1cc([N+](=O)[O-])cc(Cl)c1Cl. The average Bonchev–Trinajstić information content (AvgIpc) is 2.37. The third kappa shape index (κ3) is 4.06. The highest BCUT2D eigenvalue weighted by atomic mass is 35.5. The first-order valence-corrected chi connectivity index (χ1v) is 6.56. The van der Waals surface area contributed by atoms with Crippen molar-refractivity contribution in [3.63, 3.8) is 0 Å². The Labute approximate surface area is 126 Å². The van der Waals surface area contributed by atoms with Crippen LogP contribution in [0, 0.1) is 10.1 Å². The number of non-ortho nitro benzene ring substituents is 1. The third-order valence-electron chi connectivity index (χ3n) is 2.68. The van der Waals surface area contributed by atoms with E-state index in [-0.39, 0.29) is 21.3 Å². The van der Waals surface area contributed by atoms with Crippen LogP contribution in [0.4, 0.5) is 5.69 Å². The van der Waals surface area contributed by atoms with Crippen LogP contribution in [0.15, 0.2) is 12.1 Å². The minimum Gasteiger partial charge on any atom is -0.393 e. The zero-order valence-corrected chi connectivity index (χ0v) is 12.5. The number of nitrogens with zero attached hydrogens (tertiary/aromatic N) is 2. The molecule has 8 heteroatoms. The van der Waals surface area contributed by atoms with Gasteiger partial charge in [-0.25, -0.2) is 0 Å². The number of carbonyl (C=O) groups excluding carboxylic acids is 1. The zero-order valence-electron chi connectivity index (χ0n) is 11.0. The molecule has 110 valence electrons. The fraction of sp³-hybridized carbons (Fsp3) is 0.417. The highest BCUT2D eigenvalue weighted by Crippen LogP contribution is 2.31. The van der Waals surface area contributed by atoms with E-state index < -0.39 is 16.9 Å². The number of nitro groups is 1. The van der Waals surface area contributed by atoms with Crippen molar-refractivity contribution in [1.82, 2.24) is 4.90 Å². The molecule has 1 unspecified atom stereocenters. The zero-order chi connectivity index (χ0) is 15.4. The molecule has 0 aromatic heterocycles. The first-order valence-electron chi connectivity index (χ1n) is 5.81. The summed E-state index contributed by atoms with van der Waals surface area (Å²) < 4.78 is 0. The van der Waals surface area contributed by atoms with Crippen molar-refractivity contribution in [3.8, 4) is 0 Å². The van der Waals surface area contributed by atoms with Gasteiger partial charge in [-0.05, 0) is 13.3 Å². The molecule has 1 atom stereocenters. The van der Waals surface area contributed by atoms with E-state index in [1.165, 1.54) is 11.9 Å². The predicted molar refractivity (Wildman–Crippen MR) is 76.4 cm³/mol. The van der Waals surface area contributed by atoms with Gasteiger partial charge in [-0.3, -0.25) is 14.9 Å². The molecular weight excluding hydrogens is 307 g/mol. The monoisotopic (exact) mass is 320 g/mol. The van der Waals surface area contributed by atoms with Crippen LogP contribution >= 0.6 is 23.2 Å². The second-order valence-electron chi connectivity index (χ2n) is 4.41. The molecule has 1 aromatic carbocycles. The van der Waals surface area contributed by atoms with Gasteiger partial charge < -0.3 is 10.0 Å². The second kappa shape index (κ2) is 6.88. The molecule has 1 N–H and O–H groups in total. The Bertz CT molecular complexity index is 534. The summed E-state index contributed by atoms with van der Waals surface area (Å²) in [6, 6.07) is 2.19. The fourth-order valence-electron chi connectivity index (χ4n) is 1.52. The lowest BCUT2D eigenvalue weighted by atomic mass is 10.1. The highest BCUT2D eigenvalue weighted by Gasteiger charge is 2.22. The molecule has 0 radical (unpaired) electrons. The molecular formula is C12H14Cl2N2O4. The van der Waals surface area contributed by atoms with E-state index in [0.717, 1.165) is 12.1 Å². The van der Waals surface area contributed by atoms with Gasteiger partial charge in [0.15, 0.2) is 0 Å². The van der Waals surface area contributed by atoms with E-state index in [1.807, 2.05) is 0 Å². The summed E-state index contributed by atoms with van der Waals surface area (Å²) in [6.07, 6.45) is -0.155. The lowest BCUT2D eigenvalue weighted by Gasteiger charge is -2.18. The molecule has 0 aliphatic carbocycles. The first-order chi connectivity index (χ1) is 9.23. The third-order valence-corrected chi connectivity index (χ3v) is 3.49. The number of nitro benzene ring substituents is 1. The summed E-state index contributed by atoms with van der Waals surface area (Å²) in [6.45, 7) is 1.91. The predicted octanol–water partition coefficient (Wildman–Crippen LogP) is 2.74. The summed E-state index contributed by atoms with van der Waals surface area (Å²) in [7, 11) is 1.52. The van der Waals surface area contributed by atoms with Crippen molar-refractivity contribution < 1.29 is 14.8 Å². The maximum absolute atomic E-state index is 12.2. The van der Waals surface area contributed by atoms with Crippen LogP contribution in [-0.2, 0) is 0 Å². The minimum atomic E-state index is -0.644. The lowest BCUT2D eigenvalue weighted by molar-refractivity contribution is -0.384. The van der Waals surface area contributed by atoms with E-state index in [0.29, 0.717) is 13.0 Å². The Morgan fingerprint density at radius 3 is 2.60 bits per heavy atom. The van der Waals surface area contributed by atoms with E-state index in [1.54, 1.807) is 6.92 Å². The molecule has 0 fully saturated rings. The van der Waals surface area contributed by atoms with Crippen LogP contribution < -0.4 is 0 Å². The smallest absolute Gasteiger partial charge is 0.271 e. The lowest BCUT2D eigenvalue weighted by Crippen LogP contribution is -2.29. The molecule has 20 heavy (non-hydrogen) atoms. The number of aliphatic hydroxyl groups excluding tert-OH is 1. The molecule has 0 bridgehead atoms. The normalized spacial score (nSPS) is 12.1. The summed E-state index contributed by atoms with van der Waals surface area (Å²) in [5.74, 6) is -0.485. The van der Waals surface area contributed by atoms with Crippen molar-refractivity contribution in [1.29, 1.82) is 0 Å². The molecule has 0 heterocycles. The van der Waals surface area contributed by atoms with Crippen molar-refractivity contribution in [2.75, 3.05) is 13.6 Å². The minimum absolute atomic E-state index is 0.0221. The van der Waals surface area contributed by atoms with E-state index in [2.05, 4.69) is 0 Å². The molecule has 0 saturated carbocycles. The number of halogens is 2. The molecule has 6 nitrogen and oxygen atoms in total. The first kappa shape index (κ1) is 16.7. The number of rotatable bonds is 5. The quantitative estimate of drug-likeness (QED) is 0.667. The number of amides is 1. The highest BCUT2D eigenvalue weighted by molar-refractivity contribution is 6.44. The Balaban J connectivity index is 3.05. The number of carbonyl (C=O) groups is 1. The van der Waals surface area contributed by atoms with Crippen LogP contribution in [0.1, 0.15) is 23.7 Å². The molecule has 0 spiro atoms. The largest absolute Gasteiger partial charge is 0.393 e. The second-order valence-corrected chi connectivity index (χ2v) is 5.20. The Morgan fingerprint density at radius 2 is 2.10 bits per heavy atom. The number of aliphatic hydroxyl groups is 1. The Hall–Kier alpha value is -1.37. The van der Waals surface area contributed by atoms with Crippen molar-refractivity contribution in [2.45, 2.75) is 19.4 Å². The number of hydrogen-bond donors (Lipinski definition) is 1. The molecule has 1 aromatic rings. The van der Waals surface area contributed by atoms with Crippen LogP contribution in [0.3, 0.4) is 0 Å². The number of benzene rings is 1. The van der Waals surface area contributed by atoms with Crippen molar-refractivity contribution in [2.24, 2.45) is 0 Å². The van der Waals surface area contributed by atoms with E-state index in [4.69, 9.17) is 23.2 Å². The van der Waals surface area contributed by atoms with Crippen LogP contribution in [-0.4, -0.2) is 40.5 Å². The van der Waals surface area contributed by atoms with E-state index in [9.17, 15) is 20.0 Å². The fourth-order valence-corrected chi connectivity index (χ4v) is 1.93. The van der Waals surface area contributed by atoms with Crippen molar-refractivity contribution >= 4 is 34.8 Å². The topological polar surface area (TPSA) is 83.7 Å². The summed E-state index contributed by atoms with van der Waals surface area (Å²) in [4.78, 5) is 23.6. The number of hydrogen-bond acceptors (Lipinski definition) is 4. The average molecular weight is 321 g/mol. The van der Waals surface area contributed by atoms with Gasteiger partial charge in [0.25, 0.3) is 11.6 Å². The van der Waals surface area contributed by atoms with Gasteiger partial charge in [-0.2, -0.15) is 0 Å². The molecule has 1 amide bonds. The van der Waals surface area contributed by atoms with Crippen LogP contribution in [0.5, 0.6) is 0 Å². The summed E-state index contributed by atoms with van der Waals surface area (Å²) >= 11 is 11.7. The Kier molecular flexibility index (Phi) is 5.74. The van der Waals surface area contributed by atoms with Gasteiger partial charge in [0.2, 0.25) is 0 Å². The molecule has 0 aliphatic rings. The van der Waals surface area contributed by atoms with Gasteiger partial charge in [0.1, 0.15) is 0 Å². The molecule has 1 rings (SSSR count). The van der Waals surface area contributed by atoms with Gasteiger partial charge in [0.05, 0.1) is 26.6 Å². The van der Waals surface area contributed by atoms with Crippen LogP contribution in [0.2, 0.25) is 10.0 Å². The summed E-state index contributed by atoms with van der Waals surface area (Å²) in [5, 5.41) is 19.9. The van der Waals surface area contributed by atoms with Crippen molar-refractivity contribution in [3.05, 3.63) is 37.9 Å². The van der Waals surface area contributed by atoms with Gasteiger partial charge >= 0.3 is 0 Å². The Morgan fingerprint density at radius 1 is 1.50 bits per heavy atom. The van der Waals surface area contributed by atoms with Gasteiger partial charge in [-0.15, -0.1) is 0 Å². The standard InChI is InChI=1S/C12H14Cl2N2O4/c1-7(17)3-4-15(2)12(18)9-5-8(16(19)20)6-10(13)11(9)14/h5-7,17H,3-4H2,1-2H3. The maximum atomic E-state index is 12.2. The summed E-state index contributed by atoms with van der Waals surface area (Å²) in [5.41, 5.74) is -0.328. The van der Waals surface area contributed by atoms with Gasteiger partial charge in [-0.1, -0.05) is 23.2 Å². The van der Waals surface area contributed by atoms with E-state index >= 15 is 0 Å². The van der Waals surface area contributed by atoms with Gasteiger partial charge in [0, 0.05) is 25.7 Å². The molecule has 0 saturated heterocycles. The molecule has 0 aliphatic heterocycles. The maximum Gasteiger partial charge on any atom is 0.271 e.